The van der Waals surface area contributed by atoms with Gasteiger partial charge in [-0.3, -0.25) is 9.48 Å². The Hall–Kier alpha value is -2.83. The Kier molecular flexibility index (Phi) is 6.25. The number of hydrogen-bond acceptors (Lipinski definition) is 3. The van der Waals surface area contributed by atoms with E-state index in [4.69, 9.17) is 0 Å². The van der Waals surface area contributed by atoms with E-state index in [2.05, 4.69) is 55.7 Å². The molecule has 0 saturated heterocycles. The first kappa shape index (κ1) is 20.5. The van der Waals surface area contributed by atoms with Gasteiger partial charge in [0.25, 0.3) is 5.91 Å². The normalized spacial score (nSPS) is 11.4. The number of urea groups is 1. The molecule has 0 spiro atoms. The fourth-order valence-electron chi connectivity index (χ4n) is 2.66. The topological polar surface area (TPSA) is 88.0 Å². The van der Waals surface area contributed by atoms with E-state index in [0.29, 0.717) is 23.6 Å². The quantitative estimate of drug-likeness (QED) is 0.737. The van der Waals surface area contributed by atoms with E-state index in [0.717, 1.165) is 5.69 Å². The van der Waals surface area contributed by atoms with Crippen molar-refractivity contribution in [1.29, 1.82) is 0 Å². The summed E-state index contributed by atoms with van der Waals surface area (Å²) in [6.07, 6.45) is 0. The molecule has 2 rings (SSSR count). The summed E-state index contributed by atoms with van der Waals surface area (Å²) < 4.78 is 1.90. The second-order valence-corrected chi connectivity index (χ2v) is 7.71. The molecule has 0 atom stereocenters. The molecule has 1 aromatic heterocycles. The third-order valence-electron chi connectivity index (χ3n) is 3.91. The van der Waals surface area contributed by atoms with Crippen molar-refractivity contribution in [1.82, 2.24) is 15.1 Å². The standard InChI is InChI=1S/C20H29N5O2/c1-7-21-19(27)23-15-10-8-9-14(11-15)22-18(26)16-12-17(13(2)3)25(24-16)20(4,5)6/h8-13H,7H2,1-6H3,(H,22,26)(H2,21,23,27). The molecular formula is C20H29N5O2. The van der Waals surface area contributed by atoms with E-state index in [1.165, 1.54) is 0 Å². The molecule has 0 fully saturated rings. The third-order valence-corrected chi connectivity index (χ3v) is 3.91. The molecule has 0 bridgehead atoms. The van der Waals surface area contributed by atoms with Crippen LogP contribution < -0.4 is 16.0 Å². The van der Waals surface area contributed by atoms with Crippen LogP contribution in [-0.2, 0) is 5.54 Å². The maximum absolute atomic E-state index is 12.7. The molecule has 2 aromatic rings. The van der Waals surface area contributed by atoms with Crippen molar-refractivity contribution < 1.29 is 9.59 Å². The van der Waals surface area contributed by atoms with Crippen LogP contribution in [0.3, 0.4) is 0 Å². The lowest BCUT2D eigenvalue weighted by molar-refractivity contribution is 0.102. The van der Waals surface area contributed by atoms with Gasteiger partial charge in [0.05, 0.1) is 5.54 Å². The van der Waals surface area contributed by atoms with E-state index >= 15 is 0 Å². The van der Waals surface area contributed by atoms with Crippen LogP contribution in [0, 0.1) is 0 Å². The van der Waals surface area contributed by atoms with Gasteiger partial charge in [-0.2, -0.15) is 5.10 Å². The lowest BCUT2D eigenvalue weighted by Crippen LogP contribution is -2.28. The van der Waals surface area contributed by atoms with Crippen molar-refractivity contribution in [3.8, 4) is 0 Å². The predicted molar refractivity (Wildman–Crippen MR) is 108 cm³/mol. The molecule has 1 aromatic carbocycles. The molecule has 7 nitrogen and oxygen atoms in total. The molecule has 0 unspecified atom stereocenters. The zero-order chi connectivity index (χ0) is 20.2. The molecule has 0 saturated carbocycles. The van der Waals surface area contributed by atoms with Gasteiger partial charge in [-0.15, -0.1) is 0 Å². The Morgan fingerprint density at radius 1 is 1.11 bits per heavy atom. The van der Waals surface area contributed by atoms with Gasteiger partial charge in [-0.25, -0.2) is 4.79 Å². The van der Waals surface area contributed by atoms with Crippen LogP contribution in [0.2, 0.25) is 0 Å². The van der Waals surface area contributed by atoms with Crippen LogP contribution in [0.5, 0.6) is 0 Å². The van der Waals surface area contributed by atoms with Gasteiger partial charge in [0.15, 0.2) is 5.69 Å². The van der Waals surface area contributed by atoms with Crippen molar-refractivity contribution in [3.05, 3.63) is 41.7 Å². The highest BCUT2D eigenvalue weighted by Crippen LogP contribution is 2.24. The van der Waals surface area contributed by atoms with Crippen LogP contribution in [0.15, 0.2) is 30.3 Å². The molecule has 1 heterocycles. The molecule has 27 heavy (non-hydrogen) atoms. The van der Waals surface area contributed by atoms with Crippen LogP contribution in [-0.4, -0.2) is 28.3 Å². The molecule has 0 aliphatic heterocycles. The molecule has 0 radical (unpaired) electrons. The van der Waals surface area contributed by atoms with Gasteiger partial charge in [-0.05, 0) is 57.9 Å². The largest absolute Gasteiger partial charge is 0.338 e. The Morgan fingerprint density at radius 2 is 1.74 bits per heavy atom. The van der Waals surface area contributed by atoms with Gasteiger partial charge < -0.3 is 16.0 Å². The zero-order valence-electron chi connectivity index (χ0n) is 16.9. The van der Waals surface area contributed by atoms with E-state index in [1.807, 2.05) is 17.7 Å². The Morgan fingerprint density at radius 3 is 2.26 bits per heavy atom. The highest BCUT2D eigenvalue weighted by molar-refractivity contribution is 6.03. The minimum atomic E-state index is -0.286. The summed E-state index contributed by atoms with van der Waals surface area (Å²) in [5.41, 5.74) is 2.36. The number of benzene rings is 1. The van der Waals surface area contributed by atoms with E-state index < -0.39 is 0 Å². The number of rotatable bonds is 5. The summed E-state index contributed by atoms with van der Waals surface area (Å²) >= 11 is 0. The minimum absolute atomic E-state index is 0.214. The van der Waals surface area contributed by atoms with Crippen LogP contribution in [0.25, 0.3) is 0 Å². The highest BCUT2D eigenvalue weighted by atomic mass is 16.2. The van der Waals surface area contributed by atoms with Gasteiger partial charge in [-0.1, -0.05) is 19.9 Å². The summed E-state index contributed by atoms with van der Waals surface area (Å²) in [6.45, 7) is 12.7. The van der Waals surface area contributed by atoms with Crippen LogP contribution >= 0.6 is 0 Å². The first-order valence-corrected chi connectivity index (χ1v) is 9.18. The SMILES string of the molecule is CCNC(=O)Nc1cccc(NC(=O)c2cc(C(C)C)n(C(C)(C)C)n2)c1. The van der Waals surface area contributed by atoms with E-state index in [-0.39, 0.29) is 23.4 Å². The number of carbonyl (C=O) groups excluding carboxylic acids is 2. The average Bonchev–Trinajstić information content (AvgIpc) is 3.01. The average molecular weight is 371 g/mol. The number of nitrogens with one attached hydrogen (secondary N) is 3. The fourth-order valence-corrected chi connectivity index (χ4v) is 2.66. The molecule has 0 aliphatic rings. The first-order valence-electron chi connectivity index (χ1n) is 9.18. The number of hydrogen-bond donors (Lipinski definition) is 3. The predicted octanol–water partition coefficient (Wildman–Crippen LogP) is 4.16. The van der Waals surface area contributed by atoms with Gasteiger partial charge >= 0.3 is 6.03 Å². The minimum Gasteiger partial charge on any atom is -0.338 e. The summed E-state index contributed by atoms with van der Waals surface area (Å²) in [4.78, 5) is 24.3. The molecule has 146 valence electrons. The molecule has 3 amide bonds. The lowest BCUT2D eigenvalue weighted by Gasteiger charge is -2.23. The van der Waals surface area contributed by atoms with Crippen molar-refractivity contribution >= 4 is 23.3 Å². The van der Waals surface area contributed by atoms with Crippen molar-refractivity contribution in [3.63, 3.8) is 0 Å². The summed E-state index contributed by atoms with van der Waals surface area (Å²) in [5.74, 6) is -0.0297. The fraction of sp³-hybridized carbons (Fsp3) is 0.450. The molecule has 0 aliphatic carbocycles. The third kappa shape index (κ3) is 5.32. The molecule has 3 N–H and O–H groups in total. The smallest absolute Gasteiger partial charge is 0.319 e. The Labute approximate surface area is 160 Å². The van der Waals surface area contributed by atoms with Gasteiger partial charge in [0, 0.05) is 23.6 Å². The lowest BCUT2D eigenvalue weighted by atomic mass is 10.1. The van der Waals surface area contributed by atoms with Crippen molar-refractivity contribution in [2.75, 3.05) is 17.2 Å². The first-order chi connectivity index (χ1) is 12.6. The number of carbonyl (C=O) groups is 2. The maximum atomic E-state index is 12.7. The number of amides is 3. The zero-order valence-corrected chi connectivity index (χ0v) is 16.9. The Bertz CT molecular complexity index is 818. The second-order valence-electron chi connectivity index (χ2n) is 7.71. The van der Waals surface area contributed by atoms with E-state index in [9.17, 15) is 9.59 Å². The summed E-state index contributed by atoms with van der Waals surface area (Å²) in [7, 11) is 0. The van der Waals surface area contributed by atoms with Crippen LogP contribution in [0.4, 0.5) is 16.2 Å². The number of aromatic nitrogens is 2. The molecular weight excluding hydrogens is 342 g/mol. The van der Waals surface area contributed by atoms with Crippen LogP contribution in [0.1, 0.15) is 63.6 Å². The molecule has 7 heteroatoms. The van der Waals surface area contributed by atoms with Gasteiger partial charge in [0.2, 0.25) is 0 Å². The maximum Gasteiger partial charge on any atom is 0.319 e. The summed E-state index contributed by atoms with van der Waals surface area (Å²) in [6, 6.07) is 8.55. The second kappa shape index (κ2) is 8.24. The van der Waals surface area contributed by atoms with Crippen molar-refractivity contribution in [2.45, 2.75) is 53.0 Å². The number of nitrogens with zero attached hydrogens (tertiary/aromatic N) is 2. The van der Waals surface area contributed by atoms with E-state index in [1.54, 1.807) is 24.3 Å². The highest BCUT2D eigenvalue weighted by Gasteiger charge is 2.23. The van der Waals surface area contributed by atoms with Gasteiger partial charge in [0.1, 0.15) is 0 Å². The monoisotopic (exact) mass is 371 g/mol. The summed E-state index contributed by atoms with van der Waals surface area (Å²) in [5, 5.41) is 12.8. The van der Waals surface area contributed by atoms with Crippen molar-refractivity contribution in [2.24, 2.45) is 0 Å². The number of anilines is 2. The Balaban J connectivity index is 2.19.